The molecule has 0 saturated carbocycles. The zero-order valence-electron chi connectivity index (χ0n) is 13.8. The number of rotatable bonds is 5. The van der Waals surface area contributed by atoms with Crippen molar-refractivity contribution in [1.82, 2.24) is 9.88 Å². The molecule has 126 valence electrons. The first-order chi connectivity index (χ1) is 11.7. The van der Waals surface area contributed by atoms with Crippen LogP contribution in [0.1, 0.15) is 23.1 Å². The van der Waals surface area contributed by atoms with Gasteiger partial charge < -0.3 is 14.4 Å². The van der Waals surface area contributed by atoms with Crippen LogP contribution in [0.15, 0.2) is 42.6 Å². The van der Waals surface area contributed by atoms with Gasteiger partial charge in [0, 0.05) is 23.9 Å². The van der Waals surface area contributed by atoms with Gasteiger partial charge in [0.2, 0.25) is 5.91 Å². The molecule has 0 N–H and O–H groups in total. The number of benzene rings is 1. The van der Waals surface area contributed by atoms with Gasteiger partial charge in [0.1, 0.15) is 16.9 Å². The highest BCUT2D eigenvalue weighted by Gasteiger charge is 2.32. The fraction of sp³-hybridized carbons (Fsp3) is 0.333. The number of pyridine rings is 1. The molecule has 1 aliphatic rings. The Balaban J connectivity index is 1.95. The Hall–Kier alpha value is -2.21. The van der Waals surface area contributed by atoms with Crippen molar-refractivity contribution < 1.29 is 14.3 Å². The Labute approximate surface area is 146 Å². The van der Waals surface area contributed by atoms with E-state index in [2.05, 4.69) is 4.98 Å². The molecule has 2 heterocycles. The lowest BCUT2D eigenvalue weighted by Crippen LogP contribution is -2.37. The molecule has 0 spiro atoms. The van der Waals surface area contributed by atoms with Crippen LogP contribution < -0.4 is 9.47 Å². The molecule has 1 aromatic heterocycles. The molecule has 0 bridgehead atoms. The van der Waals surface area contributed by atoms with E-state index in [4.69, 9.17) is 9.47 Å². The molecule has 1 atom stereocenters. The number of nitrogens with zero attached hydrogens (tertiary/aromatic N) is 2. The van der Waals surface area contributed by atoms with E-state index in [9.17, 15) is 4.79 Å². The number of hydrogen-bond acceptors (Lipinski definition) is 5. The van der Waals surface area contributed by atoms with Crippen molar-refractivity contribution in [3.05, 3.63) is 53.9 Å². The fourth-order valence-corrected chi connectivity index (χ4v) is 4.00. The normalized spacial score (nSPS) is 17.7. The Morgan fingerprint density at radius 1 is 1.25 bits per heavy atom. The quantitative estimate of drug-likeness (QED) is 0.833. The van der Waals surface area contributed by atoms with Crippen LogP contribution in [-0.2, 0) is 11.3 Å². The van der Waals surface area contributed by atoms with Crippen LogP contribution in [-0.4, -0.2) is 35.8 Å². The van der Waals surface area contributed by atoms with Crippen molar-refractivity contribution in [3.8, 4) is 11.5 Å². The summed E-state index contributed by atoms with van der Waals surface area (Å²) in [7, 11) is 3.28. The maximum absolute atomic E-state index is 12.5. The summed E-state index contributed by atoms with van der Waals surface area (Å²) in [5.41, 5.74) is 1.83. The van der Waals surface area contributed by atoms with Gasteiger partial charge in [0.05, 0.1) is 26.5 Å². The average molecular weight is 344 g/mol. The van der Waals surface area contributed by atoms with Crippen molar-refractivity contribution in [2.45, 2.75) is 18.3 Å². The Bertz CT molecular complexity index is 709. The zero-order chi connectivity index (χ0) is 16.9. The predicted octanol–water partition coefficient (Wildman–Crippen LogP) is 3.26. The van der Waals surface area contributed by atoms with Gasteiger partial charge in [-0.15, -0.1) is 11.8 Å². The van der Waals surface area contributed by atoms with Gasteiger partial charge in [-0.2, -0.15) is 0 Å². The Morgan fingerprint density at radius 3 is 2.83 bits per heavy atom. The summed E-state index contributed by atoms with van der Waals surface area (Å²) in [5, 5.41) is -0.113. The third kappa shape index (κ3) is 3.48. The SMILES string of the molecule is COc1ccc(OC)c(C2SCCC(=O)N2Cc2ccccn2)c1. The molecule has 1 fully saturated rings. The van der Waals surface area contributed by atoms with Crippen molar-refractivity contribution >= 4 is 17.7 Å². The van der Waals surface area contributed by atoms with Gasteiger partial charge in [0.25, 0.3) is 0 Å². The van der Waals surface area contributed by atoms with Crippen molar-refractivity contribution in [2.24, 2.45) is 0 Å². The molecule has 0 aliphatic carbocycles. The van der Waals surface area contributed by atoms with Gasteiger partial charge in [-0.3, -0.25) is 9.78 Å². The molecular weight excluding hydrogens is 324 g/mol. The van der Waals surface area contributed by atoms with Crippen molar-refractivity contribution in [1.29, 1.82) is 0 Å². The van der Waals surface area contributed by atoms with E-state index in [-0.39, 0.29) is 11.3 Å². The number of aromatic nitrogens is 1. The van der Waals surface area contributed by atoms with Crippen LogP contribution in [0.25, 0.3) is 0 Å². The van der Waals surface area contributed by atoms with E-state index in [0.717, 1.165) is 28.5 Å². The first kappa shape index (κ1) is 16.6. The summed E-state index contributed by atoms with van der Waals surface area (Å²) in [5.74, 6) is 2.44. The largest absolute Gasteiger partial charge is 0.497 e. The van der Waals surface area contributed by atoms with Gasteiger partial charge in [0.15, 0.2) is 0 Å². The number of methoxy groups -OCH3 is 2. The summed E-state index contributed by atoms with van der Waals surface area (Å²) >= 11 is 1.74. The molecule has 1 aromatic carbocycles. The zero-order valence-corrected chi connectivity index (χ0v) is 14.6. The number of amides is 1. The molecular formula is C18H20N2O3S. The van der Waals surface area contributed by atoms with E-state index in [1.165, 1.54) is 0 Å². The minimum Gasteiger partial charge on any atom is -0.497 e. The van der Waals surface area contributed by atoms with Crippen LogP contribution in [0.5, 0.6) is 11.5 Å². The van der Waals surface area contributed by atoms with Gasteiger partial charge in [-0.1, -0.05) is 6.07 Å². The molecule has 24 heavy (non-hydrogen) atoms. The number of hydrogen-bond donors (Lipinski definition) is 0. The molecule has 6 heteroatoms. The average Bonchev–Trinajstić information content (AvgIpc) is 2.63. The maximum atomic E-state index is 12.5. The molecule has 1 unspecified atom stereocenters. The maximum Gasteiger partial charge on any atom is 0.224 e. The van der Waals surface area contributed by atoms with E-state index < -0.39 is 0 Å². The van der Waals surface area contributed by atoms with Crippen LogP contribution in [0.2, 0.25) is 0 Å². The van der Waals surface area contributed by atoms with E-state index in [1.807, 2.05) is 41.3 Å². The lowest BCUT2D eigenvalue weighted by Gasteiger charge is -2.36. The Morgan fingerprint density at radius 2 is 2.12 bits per heavy atom. The smallest absolute Gasteiger partial charge is 0.224 e. The van der Waals surface area contributed by atoms with Crippen LogP contribution in [0, 0.1) is 0 Å². The minimum atomic E-state index is -0.113. The van der Waals surface area contributed by atoms with Crippen molar-refractivity contribution in [3.63, 3.8) is 0 Å². The summed E-state index contributed by atoms with van der Waals surface area (Å²) in [4.78, 5) is 18.8. The first-order valence-electron chi connectivity index (χ1n) is 7.76. The summed E-state index contributed by atoms with van der Waals surface area (Å²) < 4.78 is 10.9. The summed E-state index contributed by atoms with van der Waals surface area (Å²) in [6, 6.07) is 11.4. The molecule has 1 saturated heterocycles. The second-order valence-electron chi connectivity index (χ2n) is 5.42. The lowest BCUT2D eigenvalue weighted by molar-refractivity contribution is -0.132. The lowest BCUT2D eigenvalue weighted by atomic mass is 10.1. The number of carbonyl (C=O) groups excluding carboxylic acids is 1. The number of ether oxygens (including phenoxy) is 2. The molecule has 1 amide bonds. The van der Waals surface area contributed by atoms with Crippen LogP contribution in [0.4, 0.5) is 0 Å². The van der Waals surface area contributed by atoms with E-state index in [0.29, 0.717) is 13.0 Å². The summed E-state index contributed by atoms with van der Waals surface area (Å²) in [6.07, 6.45) is 2.29. The number of carbonyl (C=O) groups is 1. The fourth-order valence-electron chi connectivity index (χ4n) is 2.75. The van der Waals surface area contributed by atoms with Crippen molar-refractivity contribution in [2.75, 3.05) is 20.0 Å². The first-order valence-corrected chi connectivity index (χ1v) is 8.80. The monoisotopic (exact) mass is 344 g/mol. The standard InChI is InChI=1S/C18H20N2O3S/c1-22-14-6-7-16(23-2)15(11-14)18-20(17(21)8-10-24-18)12-13-5-3-4-9-19-13/h3-7,9,11,18H,8,10,12H2,1-2H3. The third-order valence-corrected chi connectivity index (χ3v) is 5.22. The Kier molecular flexibility index (Phi) is 5.25. The highest BCUT2D eigenvalue weighted by Crippen LogP contribution is 2.43. The van der Waals surface area contributed by atoms with Gasteiger partial charge >= 0.3 is 0 Å². The molecule has 0 radical (unpaired) electrons. The highest BCUT2D eigenvalue weighted by atomic mass is 32.2. The summed E-state index contributed by atoms with van der Waals surface area (Å²) in [6.45, 7) is 0.484. The van der Waals surface area contributed by atoms with E-state index in [1.54, 1.807) is 32.2 Å². The van der Waals surface area contributed by atoms with E-state index >= 15 is 0 Å². The van der Waals surface area contributed by atoms with Gasteiger partial charge in [-0.05, 0) is 30.3 Å². The molecule has 2 aromatic rings. The predicted molar refractivity (Wildman–Crippen MR) is 94.1 cm³/mol. The molecule has 1 aliphatic heterocycles. The molecule has 3 rings (SSSR count). The minimum absolute atomic E-state index is 0.113. The topological polar surface area (TPSA) is 51.7 Å². The molecule has 5 nitrogen and oxygen atoms in total. The highest BCUT2D eigenvalue weighted by molar-refractivity contribution is 7.99. The van der Waals surface area contributed by atoms with Crippen LogP contribution in [0.3, 0.4) is 0 Å². The van der Waals surface area contributed by atoms with Crippen LogP contribution >= 0.6 is 11.8 Å². The number of thioether (sulfide) groups is 1. The second-order valence-corrected chi connectivity index (χ2v) is 6.61. The van der Waals surface area contributed by atoms with Gasteiger partial charge in [-0.25, -0.2) is 0 Å². The second kappa shape index (κ2) is 7.57. The third-order valence-electron chi connectivity index (χ3n) is 3.96.